The highest BCUT2D eigenvalue weighted by Gasteiger charge is 2.43. The molecule has 0 radical (unpaired) electrons. The molecule has 2 fully saturated rings. The van der Waals surface area contributed by atoms with Gasteiger partial charge in [-0.25, -0.2) is 0 Å². The molecule has 0 aromatic heterocycles. The molecule has 3 rings (SSSR count). The monoisotopic (exact) mass is 338 g/mol. The molecule has 3 nitrogen and oxygen atoms in total. The Labute approximate surface area is 129 Å². The Bertz CT molecular complexity index is 489. The Morgan fingerprint density at radius 3 is 2.85 bits per heavy atom. The summed E-state index contributed by atoms with van der Waals surface area (Å²) in [5, 5.41) is 3.78. The third-order valence-electron chi connectivity index (χ3n) is 4.59. The SMILES string of the molecule is COc1cc(Br)cc(N2CCCNC(C)(C3CC3)C2)c1. The van der Waals surface area contributed by atoms with Gasteiger partial charge in [-0.15, -0.1) is 0 Å². The number of ether oxygens (including phenoxy) is 1. The van der Waals surface area contributed by atoms with Crippen molar-refractivity contribution < 1.29 is 4.74 Å². The lowest BCUT2D eigenvalue weighted by molar-refractivity contribution is 0.331. The molecule has 20 heavy (non-hydrogen) atoms. The quantitative estimate of drug-likeness (QED) is 0.913. The highest BCUT2D eigenvalue weighted by molar-refractivity contribution is 9.10. The van der Waals surface area contributed by atoms with Crippen molar-refractivity contribution in [2.24, 2.45) is 5.92 Å². The van der Waals surface area contributed by atoms with Crippen molar-refractivity contribution in [3.63, 3.8) is 0 Å². The molecule has 1 aliphatic carbocycles. The van der Waals surface area contributed by atoms with Gasteiger partial charge >= 0.3 is 0 Å². The maximum atomic E-state index is 5.40. The van der Waals surface area contributed by atoms with Gasteiger partial charge in [0, 0.05) is 34.9 Å². The van der Waals surface area contributed by atoms with Crippen LogP contribution in [0.2, 0.25) is 0 Å². The minimum atomic E-state index is 0.256. The lowest BCUT2D eigenvalue weighted by atomic mass is 9.95. The van der Waals surface area contributed by atoms with Crippen LogP contribution in [0.15, 0.2) is 22.7 Å². The Hall–Kier alpha value is -0.740. The van der Waals surface area contributed by atoms with Crippen molar-refractivity contribution >= 4 is 21.6 Å². The maximum absolute atomic E-state index is 5.40. The van der Waals surface area contributed by atoms with Gasteiger partial charge in [-0.05, 0) is 50.8 Å². The number of hydrogen-bond donors (Lipinski definition) is 1. The van der Waals surface area contributed by atoms with E-state index in [-0.39, 0.29) is 5.54 Å². The van der Waals surface area contributed by atoms with Gasteiger partial charge in [-0.3, -0.25) is 0 Å². The molecular weight excluding hydrogens is 316 g/mol. The molecule has 0 bridgehead atoms. The average Bonchev–Trinajstić information content (AvgIpc) is 3.25. The predicted molar refractivity (Wildman–Crippen MR) is 86.7 cm³/mol. The molecule has 1 aromatic carbocycles. The van der Waals surface area contributed by atoms with Crippen LogP contribution in [-0.4, -0.2) is 32.3 Å². The topological polar surface area (TPSA) is 24.5 Å². The first kappa shape index (κ1) is 14.2. The van der Waals surface area contributed by atoms with Crippen LogP contribution in [0.3, 0.4) is 0 Å². The van der Waals surface area contributed by atoms with E-state index in [0.29, 0.717) is 0 Å². The van der Waals surface area contributed by atoms with Gasteiger partial charge in [-0.1, -0.05) is 15.9 Å². The zero-order chi connectivity index (χ0) is 14.2. The number of nitrogens with zero attached hydrogens (tertiary/aromatic N) is 1. The van der Waals surface area contributed by atoms with Crippen molar-refractivity contribution in [3.05, 3.63) is 22.7 Å². The summed E-state index contributed by atoms with van der Waals surface area (Å²) in [6, 6.07) is 6.35. The summed E-state index contributed by atoms with van der Waals surface area (Å²) < 4.78 is 6.48. The second-order valence-corrected chi connectivity index (χ2v) is 7.16. The molecule has 1 heterocycles. The fourth-order valence-corrected chi connectivity index (χ4v) is 3.70. The number of methoxy groups -OCH3 is 1. The fraction of sp³-hybridized carbons (Fsp3) is 0.625. The van der Waals surface area contributed by atoms with E-state index in [9.17, 15) is 0 Å². The summed E-state index contributed by atoms with van der Waals surface area (Å²) in [7, 11) is 1.73. The molecule has 1 saturated heterocycles. The molecule has 0 amide bonds. The van der Waals surface area contributed by atoms with Crippen LogP contribution >= 0.6 is 15.9 Å². The smallest absolute Gasteiger partial charge is 0.122 e. The molecule has 4 heteroatoms. The molecule has 1 atom stereocenters. The third-order valence-corrected chi connectivity index (χ3v) is 5.05. The summed E-state index contributed by atoms with van der Waals surface area (Å²) >= 11 is 3.59. The molecule has 2 aliphatic rings. The fourth-order valence-electron chi connectivity index (χ4n) is 3.24. The minimum absolute atomic E-state index is 0.256. The minimum Gasteiger partial charge on any atom is -0.497 e. The van der Waals surface area contributed by atoms with E-state index in [1.807, 2.05) is 6.07 Å². The highest BCUT2D eigenvalue weighted by Crippen LogP contribution is 2.41. The molecule has 110 valence electrons. The van der Waals surface area contributed by atoms with Crippen LogP contribution in [0, 0.1) is 5.92 Å². The van der Waals surface area contributed by atoms with Crippen molar-refractivity contribution in [2.75, 3.05) is 31.6 Å². The van der Waals surface area contributed by atoms with E-state index >= 15 is 0 Å². The Morgan fingerprint density at radius 1 is 1.35 bits per heavy atom. The third kappa shape index (κ3) is 2.96. The van der Waals surface area contributed by atoms with Crippen molar-refractivity contribution in [1.29, 1.82) is 0 Å². The normalized spacial score (nSPS) is 27.2. The van der Waals surface area contributed by atoms with Gasteiger partial charge in [0.25, 0.3) is 0 Å². The molecule has 1 aliphatic heterocycles. The summed E-state index contributed by atoms with van der Waals surface area (Å²) in [5.41, 5.74) is 1.51. The summed E-state index contributed by atoms with van der Waals surface area (Å²) in [4.78, 5) is 2.51. The molecule has 1 N–H and O–H groups in total. The van der Waals surface area contributed by atoms with Crippen molar-refractivity contribution in [1.82, 2.24) is 5.32 Å². The first-order chi connectivity index (χ1) is 9.60. The Morgan fingerprint density at radius 2 is 2.15 bits per heavy atom. The second-order valence-electron chi connectivity index (χ2n) is 6.24. The van der Waals surface area contributed by atoms with Gasteiger partial charge in [0.05, 0.1) is 7.11 Å². The zero-order valence-electron chi connectivity index (χ0n) is 12.3. The lowest BCUT2D eigenvalue weighted by Gasteiger charge is -2.35. The second kappa shape index (κ2) is 5.57. The lowest BCUT2D eigenvalue weighted by Crippen LogP contribution is -2.51. The van der Waals surface area contributed by atoms with E-state index in [1.165, 1.54) is 24.9 Å². The Kier molecular flexibility index (Phi) is 3.95. The molecule has 0 spiro atoms. The van der Waals surface area contributed by atoms with E-state index < -0.39 is 0 Å². The van der Waals surface area contributed by atoms with Gasteiger partial charge in [0.2, 0.25) is 0 Å². The number of rotatable bonds is 3. The van der Waals surface area contributed by atoms with Crippen LogP contribution in [-0.2, 0) is 0 Å². The van der Waals surface area contributed by atoms with Crippen molar-refractivity contribution in [2.45, 2.75) is 31.7 Å². The van der Waals surface area contributed by atoms with E-state index in [2.05, 4.69) is 45.2 Å². The van der Waals surface area contributed by atoms with E-state index in [4.69, 9.17) is 4.74 Å². The number of anilines is 1. The van der Waals surface area contributed by atoms with E-state index in [1.54, 1.807) is 7.11 Å². The maximum Gasteiger partial charge on any atom is 0.122 e. The first-order valence-corrected chi connectivity index (χ1v) is 8.24. The largest absolute Gasteiger partial charge is 0.497 e. The Balaban J connectivity index is 1.86. The average molecular weight is 339 g/mol. The summed E-state index contributed by atoms with van der Waals surface area (Å²) in [6.45, 7) is 5.69. The van der Waals surface area contributed by atoms with Gasteiger partial charge in [-0.2, -0.15) is 0 Å². The molecule has 1 aromatic rings. The molecule has 1 unspecified atom stereocenters. The van der Waals surface area contributed by atoms with E-state index in [0.717, 1.165) is 35.8 Å². The number of nitrogens with one attached hydrogen (secondary N) is 1. The number of hydrogen-bond acceptors (Lipinski definition) is 3. The first-order valence-electron chi connectivity index (χ1n) is 7.45. The highest BCUT2D eigenvalue weighted by atomic mass is 79.9. The van der Waals surface area contributed by atoms with Crippen LogP contribution in [0.1, 0.15) is 26.2 Å². The molecule has 1 saturated carbocycles. The van der Waals surface area contributed by atoms with Crippen LogP contribution in [0.5, 0.6) is 5.75 Å². The molecular formula is C16H23BrN2O. The summed E-state index contributed by atoms with van der Waals surface area (Å²) in [5.74, 6) is 1.76. The number of halogens is 1. The summed E-state index contributed by atoms with van der Waals surface area (Å²) in [6.07, 6.45) is 3.94. The predicted octanol–water partition coefficient (Wildman–Crippen LogP) is 3.43. The number of benzene rings is 1. The van der Waals surface area contributed by atoms with Crippen LogP contribution in [0.4, 0.5) is 5.69 Å². The van der Waals surface area contributed by atoms with Crippen LogP contribution in [0.25, 0.3) is 0 Å². The van der Waals surface area contributed by atoms with Gasteiger partial charge < -0.3 is 15.0 Å². The standard InChI is InChI=1S/C16H23BrN2O/c1-16(12-4-5-12)11-19(7-3-6-18-16)14-8-13(17)9-15(10-14)20-2/h8-10,12,18H,3-7,11H2,1-2H3. The van der Waals surface area contributed by atoms with Crippen LogP contribution < -0.4 is 15.0 Å². The van der Waals surface area contributed by atoms with Crippen molar-refractivity contribution in [3.8, 4) is 5.75 Å². The zero-order valence-corrected chi connectivity index (χ0v) is 13.9. The van der Waals surface area contributed by atoms with Gasteiger partial charge in [0.1, 0.15) is 5.75 Å². The van der Waals surface area contributed by atoms with Gasteiger partial charge in [0.15, 0.2) is 0 Å².